The SMILES string of the molecule is C=CCC1CCCN(CCC2CC2c2ccc(CC(/C=C/c3ccc(F)cc3)c3ccc(C)cc3CCC)cc2)C1. The Morgan fingerprint density at radius 2 is 1.85 bits per heavy atom. The van der Waals surface area contributed by atoms with Crippen LogP contribution in [0.2, 0.25) is 0 Å². The predicted molar refractivity (Wildman–Crippen MR) is 173 cm³/mol. The number of hydrogen-bond donors (Lipinski definition) is 0. The van der Waals surface area contributed by atoms with E-state index in [1.165, 1.54) is 79.6 Å². The fourth-order valence-electron chi connectivity index (χ4n) is 6.93. The molecule has 3 aromatic rings. The Morgan fingerprint density at radius 3 is 2.61 bits per heavy atom. The van der Waals surface area contributed by atoms with Gasteiger partial charge in [-0.1, -0.05) is 91.7 Å². The van der Waals surface area contributed by atoms with Crippen LogP contribution in [0.15, 0.2) is 85.5 Å². The standard InChI is InChI=1S/C39H48FN/c1-4-7-32-9-6-23-41(28-32)24-22-36-27-39(36)33-16-12-31(13-17-33)26-35(18-11-30-14-19-37(40)20-15-30)38-21-10-29(3)25-34(38)8-5-2/h4,10-21,25,32,35-36,39H,1,5-9,22-24,26-28H2,2-3H3/b18-11+. The van der Waals surface area contributed by atoms with Crippen LogP contribution in [0.3, 0.4) is 0 Å². The highest BCUT2D eigenvalue weighted by atomic mass is 19.1. The predicted octanol–water partition coefficient (Wildman–Crippen LogP) is 9.91. The molecule has 2 fully saturated rings. The van der Waals surface area contributed by atoms with Crippen LogP contribution in [0, 0.1) is 24.6 Å². The van der Waals surface area contributed by atoms with Gasteiger partial charge in [0.2, 0.25) is 0 Å². The summed E-state index contributed by atoms with van der Waals surface area (Å²) in [5, 5.41) is 0. The first kappa shape index (κ1) is 29.5. The molecule has 0 amide bonds. The van der Waals surface area contributed by atoms with Crippen molar-refractivity contribution in [3.8, 4) is 0 Å². The first-order valence-electron chi connectivity index (χ1n) is 16.0. The molecule has 4 unspecified atom stereocenters. The van der Waals surface area contributed by atoms with Crippen LogP contribution in [0.4, 0.5) is 4.39 Å². The summed E-state index contributed by atoms with van der Waals surface area (Å²) in [7, 11) is 0. The minimum atomic E-state index is -0.191. The van der Waals surface area contributed by atoms with E-state index in [2.05, 4.69) is 86.0 Å². The summed E-state index contributed by atoms with van der Waals surface area (Å²) < 4.78 is 13.5. The van der Waals surface area contributed by atoms with Gasteiger partial charge in [0.25, 0.3) is 0 Å². The highest BCUT2D eigenvalue weighted by Crippen LogP contribution is 2.49. The van der Waals surface area contributed by atoms with Crippen molar-refractivity contribution in [1.82, 2.24) is 4.90 Å². The average Bonchev–Trinajstić information content (AvgIpc) is 3.76. The first-order chi connectivity index (χ1) is 20.0. The minimum Gasteiger partial charge on any atom is -0.303 e. The molecule has 3 aromatic carbocycles. The van der Waals surface area contributed by atoms with Crippen LogP contribution >= 0.6 is 0 Å². The van der Waals surface area contributed by atoms with Crippen molar-refractivity contribution in [2.75, 3.05) is 19.6 Å². The third-order valence-electron chi connectivity index (χ3n) is 9.31. The van der Waals surface area contributed by atoms with Crippen molar-refractivity contribution in [2.24, 2.45) is 11.8 Å². The van der Waals surface area contributed by atoms with Gasteiger partial charge in [-0.25, -0.2) is 4.39 Å². The molecule has 1 saturated carbocycles. The molecule has 5 rings (SSSR count). The van der Waals surface area contributed by atoms with Gasteiger partial charge >= 0.3 is 0 Å². The summed E-state index contributed by atoms with van der Waals surface area (Å²) in [5.74, 6) is 2.48. The Balaban J connectivity index is 1.24. The first-order valence-corrected chi connectivity index (χ1v) is 16.0. The molecule has 4 atom stereocenters. The average molecular weight is 550 g/mol. The van der Waals surface area contributed by atoms with Crippen LogP contribution in [-0.2, 0) is 12.8 Å². The number of halogens is 1. The van der Waals surface area contributed by atoms with E-state index in [-0.39, 0.29) is 11.7 Å². The summed E-state index contributed by atoms with van der Waals surface area (Å²) in [5.41, 5.74) is 8.11. The zero-order chi connectivity index (χ0) is 28.6. The number of allylic oxidation sites excluding steroid dienone is 2. The summed E-state index contributed by atoms with van der Waals surface area (Å²) in [4.78, 5) is 2.70. The maximum atomic E-state index is 13.5. The number of piperidine rings is 1. The number of nitrogens with zero attached hydrogens (tertiary/aromatic N) is 1. The molecule has 0 aromatic heterocycles. The van der Waals surface area contributed by atoms with E-state index in [1.807, 2.05) is 12.1 Å². The van der Waals surface area contributed by atoms with E-state index in [4.69, 9.17) is 0 Å². The van der Waals surface area contributed by atoms with Crippen LogP contribution in [0.5, 0.6) is 0 Å². The van der Waals surface area contributed by atoms with Crippen molar-refractivity contribution in [3.05, 3.63) is 125 Å². The summed E-state index contributed by atoms with van der Waals surface area (Å²) in [6.07, 6.45) is 16.3. The van der Waals surface area contributed by atoms with Gasteiger partial charge in [0.15, 0.2) is 0 Å². The van der Waals surface area contributed by atoms with Gasteiger partial charge in [-0.2, -0.15) is 0 Å². The number of rotatable bonds is 13. The molecule has 2 aliphatic rings. The molecular weight excluding hydrogens is 501 g/mol. The minimum absolute atomic E-state index is 0.191. The van der Waals surface area contributed by atoms with Crippen LogP contribution < -0.4 is 0 Å². The van der Waals surface area contributed by atoms with E-state index in [0.29, 0.717) is 0 Å². The largest absolute Gasteiger partial charge is 0.303 e. The quantitative estimate of drug-likeness (QED) is 0.192. The molecule has 1 heterocycles. The lowest BCUT2D eigenvalue weighted by molar-refractivity contribution is 0.171. The second kappa shape index (κ2) is 14.3. The topological polar surface area (TPSA) is 3.24 Å². The Kier molecular flexibility index (Phi) is 10.3. The maximum Gasteiger partial charge on any atom is 0.123 e. The Hall–Kier alpha value is -2.97. The van der Waals surface area contributed by atoms with Crippen molar-refractivity contribution in [1.29, 1.82) is 0 Å². The molecule has 0 N–H and O–H groups in total. The molecular formula is C39H48FN. The fraction of sp³-hybridized carbons (Fsp3) is 0.436. The summed E-state index contributed by atoms with van der Waals surface area (Å²) >= 11 is 0. The monoisotopic (exact) mass is 549 g/mol. The van der Waals surface area contributed by atoms with Gasteiger partial charge in [-0.15, -0.1) is 6.58 Å². The lowest BCUT2D eigenvalue weighted by Gasteiger charge is -2.32. The fourth-order valence-corrected chi connectivity index (χ4v) is 6.93. The smallest absolute Gasteiger partial charge is 0.123 e. The zero-order valence-corrected chi connectivity index (χ0v) is 25.2. The van der Waals surface area contributed by atoms with Gasteiger partial charge in [-0.05, 0) is 123 Å². The van der Waals surface area contributed by atoms with Gasteiger partial charge < -0.3 is 4.90 Å². The lowest BCUT2D eigenvalue weighted by Crippen LogP contribution is -2.36. The molecule has 0 bridgehead atoms. The molecule has 1 aliphatic heterocycles. The van der Waals surface area contributed by atoms with Gasteiger partial charge in [-0.3, -0.25) is 0 Å². The number of benzene rings is 3. The molecule has 1 nitrogen and oxygen atoms in total. The van der Waals surface area contributed by atoms with Crippen molar-refractivity contribution < 1.29 is 4.39 Å². The van der Waals surface area contributed by atoms with E-state index in [0.717, 1.165) is 42.6 Å². The molecule has 0 spiro atoms. The van der Waals surface area contributed by atoms with Crippen molar-refractivity contribution in [2.45, 2.75) is 77.0 Å². The van der Waals surface area contributed by atoms with E-state index in [9.17, 15) is 4.39 Å². The van der Waals surface area contributed by atoms with Crippen molar-refractivity contribution >= 4 is 6.08 Å². The van der Waals surface area contributed by atoms with Crippen molar-refractivity contribution in [3.63, 3.8) is 0 Å². The summed E-state index contributed by atoms with van der Waals surface area (Å²) in [6, 6.07) is 23.2. The number of likely N-dealkylation sites (tertiary alicyclic amines) is 1. The molecule has 1 aliphatic carbocycles. The highest BCUT2D eigenvalue weighted by molar-refractivity contribution is 5.52. The number of aryl methyl sites for hydroxylation is 2. The number of hydrogen-bond acceptors (Lipinski definition) is 1. The van der Waals surface area contributed by atoms with E-state index >= 15 is 0 Å². The third kappa shape index (κ3) is 8.29. The Labute approximate surface area is 248 Å². The second-order valence-electron chi connectivity index (χ2n) is 12.6. The Bertz CT molecular complexity index is 1290. The Morgan fingerprint density at radius 1 is 1.05 bits per heavy atom. The zero-order valence-electron chi connectivity index (χ0n) is 25.2. The van der Waals surface area contributed by atoms with Crippen LogP contribution in [-0.4, -0.2) is 24.5 Å². The van der Waals surface area contributed by atoms with Gasteiger partial charge in [0, 0.05) is 12.5 Å². The highest BCUT2D eigenvalue weighted by Gasteiger charge is 2.38. The van der Waals surface area contributed by atoms with Gasteiger partial charge in [0.05, 0.1) is 0 Å². The molecule has 41 heavy (non-hydrogen) atoms. The lowest BCUT2D eigenvalue weighted by atomic mass is 9.86. The van der Waals surface area contributed by atoms with Crippen LogP contribution in [0.1, 0.15) is 90.7 Å². The van der Waals surface area contributed by atoms with E-state index < -0.39 is 0 Å². The molecule has 1 saturated heterocycles. The van der Waals surface area contributed by atoms with Gasteiger partial charge in [0.1, 0.15) is 5.82 Å². The maximum absolute atomic E-state index is 13.5. The summed E-state index contributed by atoms with van der Waals surface area (Å²) in [6.45, 7) is 12.2. The second-order valence-corrected chi connectivity index (χ2v) is 12.6. The third-order valence-corrected chi connectivity index (χ3v) is 9.31. The molecule has 216 valence electrons. The molecule has 0 radical (unpaired) electrons. The normalized spacial score (nSPS) is 21.7. The molecule has 2 heteroatoms. The van der Waals surface area contributed by atoms with E-state index in [1.54, 1.807) is 12.1 Å². The van der Waals surface area contributed by atoms with Crippen LogP contribution in [0.25, 0.3) is 6.08 Å².